The molecule has 0 unspecified atom stereocenters. The highest BCUT2D eigenvalue weighted by atomic mass is 15.3. The number of hydrogen-bond donors (Lipinski definition) is 2. The minimum atomic E-state index is 0.587. The normalized spacial score (nSPS) is 13.7. The van der Waals surface area contributed by atoms with E-state index in [9.17, 15) is 5.26 Å². The Labute approximate surface area is 160 Å². The Bertz CT molecular complexity index is 1040. The van der Waals surface area contributed by atoms with Gasteiger partial charge in [-0.2, -0.15) is 10.4 Å². The average molecular weight is 354 g/mol. The number of hydrazone groups is 1. The molecule has 134 valence electrons. The van der Waals surface area contributed by atoms with E-state index in [1.54, 1.807) is 0 Å². The highest BCUT2D eigenvalue weighted by Gasteiger charge is 2.24. The number of allylic oxidation sites excluding steroid dienone is 2. The van der Waals surface area contributed by atoms with Crippen molar-refractivity contribution in [1.82, 2.24) is 5.43 Å². The number of nitrogens with one attached hydrogen (secondary N) is 2. The molecule has 0 saturated heterocycles. The number of nitriles is 1. The van der Waals surface area contributed by atoms with Crippen LogP contribution >= 0.6 is 0 Å². The first kappa shape index (κ1) is 18.2. The largest absolute Gasteiger partial charge is 0.354 e. The summed E-state index contributed by atoms with van der Waals surface area (Å²) in [7, 11) is 0. The van der Waals surface area contributed by atoms with Crippen LogP contribution in [0.3, 0.4) is 0 Å². The van der Waals surface area contributed by atoms with Crippen LogP contribution in [0.25, 0.3) is 6.08 Å². The minimum absolute atomic E-state index is 0.587. The molecule has 1 heterocycles. The molecule has 0 amide bonds. The lowest BCUT2D eigenvalue weighted by molar-refractivity contribution is 0.849. The molecule has 2 aromatic carbocycles. The molecule has 4 nitrogen and oxygen atoms in total. The van der Waals surface area contributed by atoms with Crippen LogP contribution in [-0.4, -0.2) is 5.71 Å². The third kappa shape index (κ3) is 3.54. The Hall–Kier alpha value is -3.58. The lowest BCUT2D eigenvalue weighted by atomic mass is 9.99. The molecule has 1 aliphatic rings. The second-order valence-corrected chi connectivity index (χ2v) is 6.62. The zero-order valence-corrected chi connectivity index (χ0v) is 15.7. The third-order valence-electron chi connectivity index (χ3n) is 4.70. The zero-order valence-electron chi connectivity index (χ0n) is 15.7. The molecule has 0 atom stereocenters. The maximum absolute atomic E-state index is 9.18. The fourth-order valence-electron chi connectivity index (χ4n) is 3.17. The summed E-state index contributed by atoms with van der Waals surface area (Å²) in [5, 5.41) is 17.0. The zero-order chi connectivity index (χ0) is 19.6. The summed E-state index contributed by atoms with van der Waals surface area (Å²) >= 11 is 0. The Morgan fingerprint density at radius 2 is 2.07 bits per heavy atom. The molecule has 0 bridgehead atoms. The van der Waals surface area contributed by atoms with Crippen molar-refractivity contribution in [2.75, 3.05) is 5.32 Å². The molecule has 1 aliphatic heterocycles. The Morgan fingerprint density at radius 1 is 1.30 bits per heavy atom. The van der Waals surface area contributed by atoms with Crippen LogP contribution in [0.5, 0.6) is 0 Å². The Kier molecular flexibility index (Phi) is 4.96. The van der Waals surface area contributed by atoms with Crippen molar-refractivity contribution in [3.05, 3.63) is 94.8 Å². The van der Waals surface area contributed by atoms with Crippen LogP contribution < -0.4 is 10.7 Å². The molecule has 2 N–H and O–H groups in total. The van der Waals surface area contributed by atoms with E-state index in [0.29, 0.717) is 12.0 Å². The van der Waals surface area contributed by atoms with Gasteiger partial charge in [0.2, 0.25) is 0 Å². The van der Waals surface area contributed by atoms with Gasteiger partial charge in [0.05, 0.1) is 17.3 Å². The predicted molar refractivity (Wildman–Crippen MR) is 112 cm³/mol. The fraction of sp³-hybridized carbons (Fsp3) is 0.130. The SMILES string of the molecule is C=Cc1ccc2c(c1C)/C(=N/NC(=C)Cc1ccc(C)c(C#N)c1)C(=C)N2. The Balaban J connectivity index is 1.81. The molecular weight excluding hydrogens is 332 g/mol. The van der Waals surface area contributed by atoms with Crippen LogP contribution in [0.4, 0.5) is 5.69 Å². The summed E-state index contributed by atoms with van der Waals surface area (Å²) in [6, 6.07) is 12.1. The number of aryl methyl sites for hydroxylation is 1. The molecular formula is C23H22N4. The van der Waals surface area contributed by atoms with Gasteiger partial charge in [-0.15, -0.1) is 0 Å². The summed E-state index contributed by atoms with van der Waals surface area (Å²) in [6.07, 6.45) is 2.43. The maximum atomic E-state index is 9.18. The van der Waals surface area contributed by atoms with Crippen molar-refractivity contribution in [3.63, 3.8) is 0 Å². The van der Waals surface area contributed by atoms with Crippen LogP contribution in [-0.2, 0) is 6.42 Å². The highest BCUT2D eigenvalue weighted by molar-refractivity contribution is 6.22. The van der Waals surface area contributed by atoms with Crippen molar-refractivity contribution < 1.29 is 0 Å². The topological polar surface area (TPSA) is 60.2 Å². The molecule has 0 radical (unpaired) electrons. The molecule has 3 rings (SSSR count). The monoisotopic (exact) mass is 354 g/mol. The molecule has 4 heteroatoms. The smallest absolute Gasteiger partial charge is 0.116 e. The van der Waals surface area contributed by atoms with Crippen molar-refractivity contribution in [2.45, 2.75) is 20.3 Å². The predicted octanol–water partition coefficient (Wildman–Crippen LogP) is 4.81. The third-order valence-corrected chi connectivity index (χ3v) is 4.70. The van der Waals surface area contributed by atoms with Gasteiger partial charge in [0.15, 0.2) is 0 Å². The standard InChI is InChI=1S/C23H22N4/c1-6-19-9-10-21-22(16(19)4)23(17(5)25-21)27-26-15(3)11-18-8-7-14(2)20(12-18)13-24/h6-10,12,25-26H,1,3,5,11H2,2,4H3/b27-23+. The van der Waals surface area contributed by atoms with Gasteiger partial charge in [0, 0.05) is 23.4 Å². The van der Waals surface area contributed by atoms with Gasteiger partial charge in [-0.3, -0.25) is 5.43 Å². The number of hydrogen-bond acceptors (Lipinski definition) is 4. The summed E-state index contributed by atoms with van der Waals surface area (Å²) in [5.74, 6) is 0. The Morgan fingerprint density at radius 3 is 2.78 bits per heavy atom. The van der Waals surface area contributed by atoms with Crippen LogP contribution in [0, 0.1) is 25.2 Å². The number of nitrogens with zero attached hydrogens (tertiary/aromatic N) is 2. The van der Waals surface area contributed by atoms with Crippen LogP contribution in [0.15, 0.2) is 66.6 Å². The van der Waals surface area contributed by atoms with E-state index in [-0.39, 0.29) is 0 Å². The molecule has 2 aromatic rings. The van der Waals surface area contributed by atoms with E-state index in [2.05, 4.69) is 48.6 Å². The van der Waals surface area contributed by atoms with E-state index in [1.165, 1.54) is 0 Å². The highest BCUT2D eigenvalue weighted by Crippen LogP contribution is 2.32. The summed E-state index contributed by atoms with van der Waals surface area (Å²) < 4.78 is 0. The fourth-order valence-corrected chi connectivity index (χ4v) is 3.17. The quantitative estimate of drug-likeness (QED) is 0.758. The second-order valence-electron chi connectivity index (χ2n) is 6.62. The molecule has 0 fully saturated rings. The van der Waals surface area contributed by atoms with Gasteiger partial charge in [-0.05, 0) is 48.2 Å². The van der Waals surface area contributed by atoms with Crippen LogP contribution in [0.1, 0.15) is 33.4 Å². The van der Waals surface area contributed by atoms with Gasteiger partial charge < -0.3 is 5.32 Å². The van der Waals surface area contributed by atoms with E-state index in [1.807, 2.05) is 43.3 Å². The van der Waals surface area contributed by atoms with Crippen molar-refractivity contribution >= 4 is 17.5 Å². The van der Waals surface area contributed by atoms with Gasteiger partial charge in [0.25, 0.3) is 0 Å². The summed E-state index contributed by atoms with van der Waals surface area (Å²) in [6.45, 7) is 16.0. The van der Waals surface area contributed by atoms with Gasteiger partial charge in [0.1, 0.15) is 5.71 Å². The number of anilines is 1. The van der Waals surface area contributed by atoms with E-state index >= 15 is 0 Å². The summed E-state index contributed by atoms with van der Waals surface area (Å²) in [4.78, 5) is 0. The van der Waals surface area contributed by atoms with Gasteiger partial charge in [-0.1, -0.05) is 44.0 Å². The minimum Gasteiger partial charge on any atom is -0.354 e. The molecule has 0 spiro atoms. The van der Waals surface area contributed by atoms with Gasteiger partial charge >= 0.3 is 0 Å². The molecule has 27 heavy (non-hydrogen) atoms. The van der Waals surface area contributed by atoms with E-state index in [0.717, 1.165) is 50.6 Å². The first-order valence-electron chi connectivity index (χ1n) is 8.68. The van der Waals surface area contributed by atoms with Crippen molar-refractivity contribution in [3.8, 4) is 6.07 Å². The van der Waals surface area contributed by atoms with E-state index in [4.69, 9.17) is 0 Å². The summed E-state index contributed by atoms with van der Waals surface area (Å²) in [5.41, 5.74) is 12.2. The average Bonchev–Trinajstić information content (AvgIpc) is 2.98. The van der Waals surface area contributed by atoms with Gasteiger partial charge in [-0.25, -0.2) is 0 Å². The lowest BCUT2D eigenvalue weighted by Gasteiger charge is -2.10. The first-order valence-corrected chi connectivity index (χ1v) is 8.68. The van der Waals surface area contributed by atoms with Crippen LogP contribution in [0.2, 0.25) is 0 Å². The molecule has 0 saturated carbocycles. The van der Waals surface area contributed by atoms with Crippen molar-refractivity contribution in [2.24, 2.45) is 5.10 Å². The van der Waals surface area contributed by atoms with E-state index < -0.39 is 0 Å². The molecule has 0 aromatic heterocycles. The van der Waals surface area contributed by atoms with Crippen molar-refractivity contribution in [1.29, 1.82) is 5.26 Å². The maximum Gasteiger partial charge on any atom is 0.116 e. The number of fused-ring (bicyclic) bond motifs is 1. The number of benzene rings is 2. The number of rotatable bonds is 5. The molecule has 0 aliphatic carbocycles. The second kappa shape index (κ2) is 7.35. The first-order chi connectivity index (χ1) is 12.9. The lowest BCUT2D eigenvalue weighted by Crippen LogP contribution is -2.13.